The number of halogens is 1. The topological polar surface area (TPSA) is 35.5 Å². The normalized spacial score (nSPS) is 14.9. The van der Waals surface area contributed by atoms with Crippen molar-refractivity contribution in [2.45, 2.75) is 39.0 Å². The van der Waals surface area contributed by atoms with E-state index in [1.165, 1.54) is 6.07 Å². The Bertz CT molecular complexity index is 384. The minimum atomic E-state index is -0.457. The van der Waals surface area contributed by atoms with Crippen LogP contribution in [0.2, 0.25) is 0 Å². The Balaban J connectivity index is 2.53. The summed E-state index contributed by atoms with van der Waals surface area (Å²) in [6.07, 6.45) is -0.457. The molecule has 2 N–H and O–H groups in total. The Kier molecular flexibility index (Phi) is 6.42. The summed E-state index contributed by atoms with van der Waals surface area (Å²) >= 11 is 0. The molecule has 108 valence electrons. The minimum absolute atomic E-state index is 0.0603. The van der Waals surface area contributed by atoms with Gasteiger partial charge >= 0.3 is 0 Å². The molecule has 0 aliphatic heterocycles. The number of aliphatic hydroxyl groups is 1. The molecule has 0 bridgehead atoms. The van der Waals surface area contributed by atoms with Crippen LogP contribution in [-0.2, 0) is 0 Å². The zero-order valence-corrected chi connectivity index (χ0v) is 12.2. The predicted octanol–water partition coefficient (Wildman–Crippen LogP) is 2.18. The molecule has 1 rings (SSSR count). The van der Waals surface area contributed by atoms with Crippen molar-refractivity contribution in [3.63, 3.8) is 0 Å². The number of hydrogen-bond acceptors (Lipinski definition) is 3. The van der Waals surface area contributed by atoms with Gasteiger partial charge in [-0.3, -0.25) is 4.90 Å². The van der Waals surface area contributed by atoms with Gasteiger partial charge in [-0.1, -0.05) is 32.0 Å². The summed E-state index contributed by atoms with van der Waals surface area (Å²) < 4.78 is 13.7. The van der Waals surface area contributed by atoms with Crippen LogP contribution in [0.4, 0.5) is 4.39 Å². The highest BCUT2D eigenvalue weighted by atomic mass is 19.1. The summed E-state index contributed by atoms with van der Waals surface area (Å²) in [7, 11) is 1.90. The molecule has 19 heavy (non-hydrogen) atoms. The van der Waals surface area contributed by atoms with Crippen molar-refractivity contribution in [2.75, 3.05) is 20.1 Å². The van der Waals surface area contributed by atoms with E-state index in [2.05, 4.69) is 5.32 Å². The van der Waals surface area contributed by atoms with Gasteiger partial charge in [0.2, 0.25) is 0 Å². The first-order valence-electron chi connectivity index (χ1n) is 6.78. The fourth-order valence-corrected chi connectivity index (χ4v) is 1.98. The number of nitrogens with one attached hydrogen (secondary N) is 1. The van der Waals surface area contributed by atoms with E-state index in [1.54, 1.807) is 12.1 Å². The fourth-order valence-electron chi connectivity index (χ4n) is 1.98. The van der Waals surface area contributed by atoms with Gasteiger partial charge in [0.25, 0.3) is 0 Å². The van der Waals surface area contributed by atoms with E-state index in [0.29, 0.717) is 24.7 Å². The molecule has 2 unspecified atom stereocenters. The lowest BCUT2D eigenvalue weighted by atomic mass is 10.1. The first-order valence-corrected chi connectivity index (χ1v) is 6.78. The van der Waals surface area contributed by atoms with Gasteiger partial charge in [0.1, 0.15) is 5.82 Å². The van der Waals surface area contributed by atoms with E-state index < -0.39 is 6.10 Å². The molecule has 0 saturated carbocycles. The second kappa shape index (κ2) is 7.58. The molecule has 0 saturated heterocycles. The molecule has 4 heteroatoms. The van der Waals surface area contributed by atoms with Crippen molar-refractivity contribution in [1.29, 1.82) is 0 Å². The average Bonchev–Trinajstić information content (AvgIpc) is 2.36. The molecule has 3 nitrogen and oxygen atoms in total. The molecule has 0 amide bonds. The highest BCUT2D eigenvalue weighted by Gasteiger charge is 2.17. The number of benzene rings is 1. The lowest BCUT2D eigenvalue weighted by Crippen LogP contribution is -2.39. The van der Waals surface area contributed by atoms with Gasteiger partial charge in [-0.25, -0.2) is 4.39 Å². The Morgan fingerprint density at radius 2 is 1.89 bits per heavy atom. The van der Waals surface area contributed by atoms with E-state index in [9.17, 15) is 9.50 Å². The maximum atomic E-state index is 13.7. The second-order valence-electron chi connectivity index (χ2n) is 5.35. The SMILES string of the molecule is CC(C)NCC(O)CN(C)C(C)c1ccccc1F. The molecule has 1 aromatic rings. The lowest BCUT2D eigenvalue weighted by Gasteiger charge is -2.28. The van der Waals surface area contributed by atoms with Crippen LogP contribution in [0.15, 0.2) is 24.3 Å². The third kappa shape index (κ3) is 5.27. The largest absolute Gasteiger partial charge is 0.390 e. The van der Waals surface area contributed by atoms with E-state index in [0.717, 1.165) is 0 Å². The smallest absolute Gasteiger partial charge is 0.127 e. The molecule has 2 atom stereocenters. The molecule has 0 spiro atoms. The molecule has 0 radical (unpaired) electrons. The van der Waals surface area contributed by atoms with E-state index in [-0.39, 0.29) is 11.9 Å². The molecule has 1 aromatic carbocycles. The van der Waals surface area contributed by atoms with Crippen LogP contribution in [0.3, 0.4) is 0 Å². The van der Waals surface area contributed by atoms with Gasteiger partial charge in [0, 0.05) is 30.7 Å². The Hall–Kier alpha value is -0.970. The van der Waals surface area contributed by atoms with Gasteiger partial charge in [-0.05, 0) is 20.0 Å². The molecular formula is C15H25FN2O. The van der Waals surface area contributed by atoms with Crippen molar-refractivity contribution in [3.05, 3.63) is 35.6 Å². The average molecular weight is 268 g/mol. The minimum Gasteiger partial charge on any atom is -0.390 e. The number of rotatable bonds is 7. The third-order valence-corrected chi connectivity index (χ3v) is 3.28. The summed E-state index contributed by atoms with van der Waals surface area (Å²) in [4.78, 5) is 1.96. The zero-order chi connectivity index (χ0) is 14.4. The third-order valence-electron chi connectivity index (χ3n) is 3.28. The molecule has 0 aliphatic rings. The lowest BCUT2D eigenvalue weighted by molar-refractivity contribution is 0.104. The number of hydrogen-bond donors (Lipinski definition) is 2. The van der Waals surface area contributed by atoms with Gasteiger partial charge in [0.05, 0.1) is 6.10 Å². The number of nitrogens with zero attached hydrogens (tertiary/aromatic N) is 1. The fraction of sp³-hybridized carbons (Fsp3) is 0.600. The predicted molar refractivity (Wildman–Crippen MR) is 76.6 cm³/mol. The maximum absolute atomic E-state index is 13.7. The zero-order valence-electron chi connectivity index (χ0n) is 12.2. The first kappa shape index (κ1) is 16.1. The standard InChI is InChI=1S/C15H25FN2O/c1-11(2)17-9-13(19)10-18(4)12(3)14-7-5-6-8-15(14)16/h5-8,11-13,17,19H,9-10H2,1-4H3. The van der Waals surface area contributed by atoms with Crippen molar-refractivity contribution >= 4 is 0 Å². The molecule has 0 heterocycles. The summed E-state index contributed by atoms with van der Waals surface area (Å²) in [6.45, 7) is 7.08. The quantitative estimate of drug-likeness (QED) is 0.795. The summed E-state index contributed by atoms with van der Waals surface area (Å²) in [5.41, 5.74) is 0.661. The summed E-state index contributed by atoms with van der Waals surface area (Å²) in [5.74, 6) is -0.198. The van der Waals surface area contributed by atoms with Crippen molar-refractivity contribution in [3.8, 4) is 0 Å². The van der Waals surface area contributed by atoms with Crippen LogP contribution in [0, 0.1) is 5.82 Å². The molecule has 0 aromatic heterocycles. The number of likely N-dealkylation sites (N-methyl/N-ethyl adjacent to an activating group) is 1. The van der Waals surface area contributed by atoms with Crippen LogP contribution < -0.4 is 5.32 Å². The van der Waals surface area contributed by atoms with E-state index in [1.807, 2.05) is 38.8 Å². The van der Waals surface area contributed by atoms with Gasteiger partial charge < -0.3 is 10.4 Å². The van der Waals surface area contributed by atoms with Crippen LogP contribution in [0.25, 0.3) is 0 Å². The second-order valence-corrected chi connectivity index (χ2v) is 5.35. The first-order chi connectivity index (χ1) is 8.91. The van der Waals surface area contributed by atoms with Crippen LogP contribution in [-0.4, -0.2) is 42.3 Å². The van der Waals surface area contributed by atoms with Crippen LogP contribution in [0.1, 0.15) is 32.4 Å². The highest BCUT2D eigenvalue weighted by molar-refractivity contribution is 5.20. The molecular weight excluding hydrogens is 243 g/mol. The Labute approximate surface area is 115 Å². The highest BCUT2D eigenvalue weighted by Crippen LogP contribution is 2.21. The maximum Gasteiger partial charge on any atom is 0.127 e. The Morgan fingerprint density at radius 3 is 2.47 bits per heavy atom. The molecule has 0 aliphatic carbocycles. The van der Waals surface area contributed by atoms with Crippen LogP contribution in [0.5, 0.6) is 0 Å². The van der Waals surface area contributed by atoms with Crippen molar-refractivity contribution in [2.24, 2.45) is 0 Å². The van der Waals surface area contributed by atoms with Gasteiger partial charge in [-0.2, -0.15) is 0 Å². The molecule has 0 fully saturated rings. The van der Waals surface area contributed by atoms with Crippen molar-refractivity contribution in [1.82, 2.24) is 10.2 Å². The van der Waals surface area contributed by atoms with E-state index >= 15 is 0 Å². The van der Waals surface area contributed by atoms with Crippen LogP contribution >= 0.6 is 0 Å². The van der Waals surface area contributed by atoms with Gasteiger partial charge in [0.15, 0.2) is 0 Å². The monoisotopic (exact) mass is 268 g/mol. The summed E-state index contributed by atoms with van der Waals surface area (Å²) in [5, 5.41) is 13.1. The van der Waals surface area contributed by atoms with Crippen molar-refractivity contribution < 1.29 is 9.50 Å². The van der Waals surface area contributed by atoms with Gasteiger partial charge in [-0.15, -0.1) is 0 Å². The number of aliphatic hydroxyl groups excluding tert-OH is 1. The summed E-state index contributed by atoms with van der Waals surface area (Å²) in [6, 6.07) is 7.07. The Morgan fingerprint density at radius 1 is 1.26 bits per heavy atom. The van der Waals surface area contributed by atoms with E-state index in [4.69, 9.17) is 0 Å².